The van der Waals surface area contributed by atoms with Crippen LogP contribution in [0.25, 0.3) is 17.5 Å². The van der Waals surface area contributed by atoms with E-state index in [1.807, 2.05) is 0 Å². The Morgan fingerprint density at radius 3 is 1.74 bits per heavy atom. The summed E-state index contributed by atoms with van der Waals surface area (Å²) in [5, 5.41) is 39.1. The lowest BCUT2D eigenvalue weighted by Crippen LogP contribution is -2.38. The van der Waals surface area contributed by atoms with Crippen molar-refractivity contribution in [1.82, 2.24) is 4.57 Å². The molecule has 0 saturated heterocycles. The minimum atomic E-state index is -0.797. The molecule has 0 unspecified atom stereocenters. The van der Waals surface area contributed by atoms with Crippen molar-refractivity contribution in [2.45, 2.75) is 5.92 Å². The first-order chi connectivity index (χ1) is 22.4. The molecule has 0 aliphatic carbocycles. The van der Waals surface area contributed by atoms with Crippen LogP contribution in [0.5, 0.6) is 23.0 Å². The summed E-state index contributed by atoms with van der Waals surface area (Å²) in [7, 11) is 0. The number of nitriles is 4. The molecule has 1 aliphatic heterocycles. The van der Waals surface area contributed by atoms with E-state index in [1.165, 1.54) is 4.57 Å². The molecule has 2 N–H and O–H groups in total. The number of nitrogens with two attached hydrogens (primary N) is 1. The van der Waals surface area contributed by atoms with E-state index < -0.39 is 11.5 Å². The predicted molar refractivity (Wildman–Crippen MR) is 172 cm³/mol. The molecule has 0 amide bonds. The highest BCUT2D eigenvalue weighted by Crippen LogP contribution is 2.37. The quantitative estimate of drug-likeness (QED) is 0.273. The van der Waals surface area contributed by atoms with Crippen LogP contribution in [-0.4, -0.2) is 4.57 Å². The third-order valence-corrected chi connectivity index (χ3v) is 8.36. The first kappa shape index (κ1) is 29.2. The van der Waals surface area contributed by atoms with Crippen LogP contribution in [0.1, 0.15) is 28.2 Å². The molecule has 218 valence electrons. The minimum Gasteiger partial charge on any atom is -0.456 e. The van der Waals surface area contributed by atoms with Crippen molar-refractivity contribution in [3.05, 3.63) is 144 Å². The Morgan fingerprint density at radius 1 is 0.696 bits per heavy atom. The number of ether oxygens (including phenoxy) is 2. The smallest absolute Gasteiger partial charge is 0.274 e. The van der Waals surface area contributed by atoms with Crippen LogP contribution in [0.3, 0.4) is 0 Å². The number of aromatic nitrogens is 1. The van der Waals surface area contributed by atoms with Crippen molar-refractivity contribution in [3.63, 3.8) is 0 Å². The summed E-state index contributed by atoms with van der Waals surface area (Å²) in [5.74, 6) is 0.981. The van der Waals surface area contributed by atoms with Crippen LogP contribution in [0.15, 0.2) is 107 Å². The Kier molecular flexibility index (Phi) is 7.88. The van der Waals surface area contributed by atoms with Crippen molar-refractivity contribution in [3.8, 4) is 47.3 Å². The number of benzene rings is 4. The summed E-state index contributed by atoms with van der Waals surface area (Å²) in [4.78, 5) is 13.5. The van der Waals surface area contributed by atoms with Gasteiger partial charge in [0.2, 0.25) is 0 Å². The van der Waals surface area contributed by atoms with Gasteiger partial charge in [-0.3, -0.25) is 9.36 Å². The van der Waals surface area contributed by atoms with Crippen LogP contribution >= 0.6 is 11.3 Å². The SMILES string of the molecule is N#CC1=C(N)n2c(s/c(=C\c3ccc(Oc4ccccc4C#N)cc3)c2=O)=C(C#N)[C@@H]1c1ccc(Oc2ccccc2C#N)cc1. The van der Waals surface area contributed by atoms with Gasteiger partial charge in [-0.25, -0.2) is 0 Å². The number of thiazole rings is 1. The Labute approximate surface area is 266 Å². The summed E-state index contributed by atoms with van der Waals surface area (Å²) >= 11 is 1.11. The Bertz CT molecular complexity index is 2400. The van der Waals surface area contributed by atoms with E-state index in [-0.39, 0.29) is 17.0 Å². The van der Waals surface area contributed by atoms with Gasteiger partial charge < -0.3 is 15.2 Å². The molecule has 0 radical (unpaired) electrons. The van der Waals surface area contributed by atoms with Crippen LogP contribution in [0.2, 0.25) is 0 Å². The van der Waals surface area contributed by atoms with Crippen molar-refractivity contribution < 1.29 is 9.47 Å². The molecule has 10 heteroatoms. The van der Waals surface area contributed by atoms with Crippen LogP contribution in [0.4, 0.5) is 0 Å². The molecule has 4 aromatic carbocycles. The molecule has 0 bridgehead atoms. The zero-order chi connectivity index (χ0) is 32.2. The average Bonchev–Trinajstić information content (AvgIpc) is 3.41. The maximum Gasteiger partial charge on any atom is 0.274 e. The van der Waals surface area contributed by atoms with Gasteiger partial charge in [-0.15, -0.1) is 11.3 Å². The van der Waals surface area contributed by atoms with E-state index in [2.05, 4.69) is 24.3 Å². The number of rotatable bonds is 6. The zero-order valence-electron chi connectivity index (χ0n) is 23.8. The number of nitrogens with zero attached hydrogens (tertiary/aromatic N) is 5. The molecule has 0 spiro atoms. The predicted octanol–water partition coefficient (Wildman–Crippen LogP) is 5.19. The number of hydrogen-bond donors (Lipinski definition) is 1. The largest absolute Gasteiger partial charge is 0.456 e. The highest BCUT2D eigenvalue weighted by Gasteiger charge is 2.32. The van der Waals surface area contributed by atoms with Crippen LogP contribution in [0, 0.1) is 45.3 Å². The lowest BCUT2D eigenvalue weighted by molar-refractivity contribution is 0.480. The Balaban J connectivity index is 1.36. The van der Waals surface area contributed by atoms with Gasteiger partial charge in [0.05, 0.1) is 44.9 Å². The maximum absolute atomic E-state index is 13.5. The topological polar surface area (TPSA) is 162 Å². The van der Waals surface area contributed by atoms with Crippen molar-refractivity contribution in [2.75, 3.05) is 0 Å². The normalized spacial score (nSPS) is 14.0. The van der Waals surface area contributed by atoms with Crippen LogP contribution < -0.4 is 30.0 Å². The van der Waals surface area contributed by atoms with Gasteiger partial charge in [0, 0.05) is 0 Å². The molecule has 2 heterocycles. The monoisotopic (exact) mass is 616 g/mol. The highest BCUT2D eigenvalue weighted by atomic mass is 32.1. The number of allylic oxidation sites excluding steroid dienone is 1. The van der Waals surface area contributed by atoms with Gasteiger partial charge >= 0.3 is 0 Å². The molecule has 0 fully saturated rings. The molecule has 0 saturated carbocycles. The highest BCUT2D eigenvalue weighted by molar-refractivity contribution is 7.07. The third-order valence-electron chi connectivity index (χ3n) is 7.25. The fourth-order valence-corrected chi connectivity index (χ4v) is 6.17. The standard InChI is InChI=1S/C36H20N6O3S/c37-18-24-5-1-3-7-30(24)44-26-13-9-22(10-14-26)17-32-35(43)42-34(41)28(20-39)33(29(21-40)36(42)46-32)23-11-15-27(16-12-23)45-31-8-4-2-6-25(31)19-38/h1-17,33H,41H2/b32-17-/t33-/m1/s1. The van der Waals surface area contributed by atoms with E-state index in [1.54, 1.807) is 103 Å². The van der Waals surface area contributed by atoms with Crippen molar-refractivity contribution in [2.24, 2.45) is 5.73 Å². The molecule has 9 nitrogen and oxygen atoms in total. The Morgan fingerprint density at radius 2 is 1.22 bits per heavy atom. The van der Waals surface area contributed by atoms with E-state index in [0.29, 0.717) is 54.4 Å². The van der Waals surface area contributed by atoms with Crippen LogP contribution in [-0.2, 0) is 0 Å². The molecule has 6 rings (SSSR count). The van der Waals surface area contributed by atoms with Gasteiger partial charge in [-0.2, -0.15) is 21.0 Å². The average molecular weight is 617 g/mol. The molecule has 1 aliphatic rings. The number of para-hydroxylation sites is 2. The fraction of sp³-hybridized carbons (Fsp3) is 0.0278. The molecular formula is C36H20N6O3S. The second-order valence-corrected chi connectivity index (χ2v) is 11.0. The van der Waals surface area contributed by atoms with E-state index >= 15 is 0 Å². The number of fused-ring (bicyclic) bond motifs is 1. The van der Waals surface area contributed by atoms with Gasteiger partial charge in [-0.1, -0.05) is 48.5 Å². The van der Waals surface area contributed by atoms with Gasteiger partial charge in [0.15, 0.2) is 0 Å². The number of hydrogen-bond acceptors (Lipinski definition) is 9. The maximum atomic E-state index is 13.5. The summed E-state index contributed by atoms with van der Waals surface area (Å²) < 4.78 is 13.6. The van der Waals surface area contributed by atoms with Gasteiger partial charge in [-0.05, 0) is 65.7 Å². The summed E-state index contributed by atoms with van der Waals surface area (Å²) in [6.07, 6.45) is 1.68. The third kappa shape index (κ3) is 5.36. The van der Waals surface area contributed by atoms with Gasteiger partial charge in [0.1, 0.15) is 45.6 Å². The van der Waals surface area contributed by atoms with Crippen molar-refractivity contribution in [1.29, 1.82) is 21.0 Å². The first-order valence-electron chi connectivity index (χ1n) is 13.8. The minimum absolute atomic E-state index is 0.0365. The lowest BCUT2D eigenvalue weighted by Gasteiger charge is -2.22. The second kappa shape index (κ2) is 12.4. The van der Waals surface area contributed by atoms with E-state index in [4.69, 9.17) is 15.2 Å². The zero-order valence-corrected chi connectivity index (χ0v) is 24.7. The molecular weight excluding hydrogens is 597 g/mol. The molecule has 5 aromatic rings. The van der Waals surface area contributed by atoms with E-state index in [9.17, 15) is 25.8 Å². The van der Waals surface area contributed by atoms with Crippen molar-refractivity contribution >= 4 is 28.8 Å². The second-order valence-electron chi connectivity index (χ2n) is 9.98. The van der Waals surface area contributed by atoms with E-state index in [0.717, 1.165) is 11.3 Å². The molecule has 46 heavy (non-hydrogen) atoms. The first-order valence-corrected chi connectivity index (χ1v) is 14.6. The fourth-order valence-electron chi connectivity index (χ4n) is 5.05. The molecule has 1 aromatic heterocycles. The summed E-state index contributed by atoms with van der Waals surface area (Å²) in [6, 6.07) is 36.1. The lowest BCUT2D eigenvalue weighted by atomic mass is 9.84. The summed E-state index contributed by atoms with van der Waals surface area (Å²) in [5.41, 5.74) is 8.39. The molecule has 1 atom stereocenters. The van der Waals surface area contributed by atoms with Gasteiger partial charge in [0.25, 0.3) is 5.56 Å². The summed E-state index contributed by atoms with van der Waals surface area (Å²) in [6.45, 7) is 0. The Hall–Kier alpha value is -6.85.